The van der Waals surface area contributed by atoms with Gasteiger partial charge in [0, 0.05) is 47.4 Å². The minimum Gasteiger partial charge on any atom is -0.423 e. The fourth-order valence-corrected chi connectivity index (χ4v) is 7.94. The first-order valence-corrected chi connectivity index (χ1v) is 14.9. The summed E-state index contributed by atoms with van der Waals surface area (Å²) in [5, 5.41) is 7.15. The Labute approximate surface area is 243 Å². The average molecular weight is 556 g/mol. The third kappa shape index (κ3) is 2.83. The Morgan fingerprint density at radius 3 is 1.88 bits per heavy atom. The van der Waals surface area contributed by atoms with Gasteiger partial charge in [0.2, 0.25) is 0 Å². The first kappa shape index (κ1) is 22.3. The maximum absolute atomic E-state index is 6.67. The number of benzene rings is 6. The Hall–Kier alpha value is -5.39. The summed E-state index contributed by atoms with van der Waals surface area (Å²) in [5.41, 5.74) is 7.30. The monoisotopic (exact) mass is 555 g/mol. The second-order valence-electron chi connectivity index (χ2n) is 10.8. The molecule has 0 spiro atoms. The Morgan fingerprint density at radius 1 is 0.500 bits per heavy atom. The smallest absolute Gasteiger partial charge is 0.307 e. The van der Waals surface area contributed by atoms with Gasteiger partial charge in [0.25, 0.3) is 0 Å². The molecule has 6 aromatic carbocycles. The highest BCUT2D eigenvalue weighted by molar-refractivity contribution is 7.26. The van der Waals surface area contributed by atoms with Gasteiger partial charge in [-0.1, -0.05) is 84.9 Å². The van der Waals surface area contributed by atoms with Crippen LogP contribution < -0.4 is 0 Å². The van der Waals surface area contributed by atoms with Crippen LogP contribution in [0.1, 0.15) is 0 Å². The molecular weight excluding hydrogens is 534 g/mol. The Bertz CT molecular complexity index is 2690. The summed E-state index contributed by atoms with van der Waals surface area (Å²) < 4.78 is 13.8. The maximum atomic E-state index is 6.67. The van der Waals surface area contributed by atoms with E-state index in [4.69, 9.17) is 9.40 Å². The van der Waals surface area contributed by atoms with Gasteiger partial charge in [-0.05, 0) is 42.5 Å². The predicted molar refractivity (Wildman–Crippen MR) is 176 cm³/mol. The third-order valence-corrected chi connectivity index (χ3v) is 9.70. The quantitative estimate of drug-likeness (QED) is 0.213. The van der Waals surface area contributed by atoms with Crippen LogP contribution in [0.5, 0.6) is 0 Å². The normalized spacial score (nSPS) is 12.3. The third-order valence-electron chi connectivity index (χ3n) is 8.56. The average Bonchev–Trinajstić information content (AvgIpc) is 3.79. The lowest BCUT2D eigenvalue weighted by Gasteiger charge is -2.10. The lowest BCUT2D eigenvalue weighted by molar-refractivity contribution is 0.574. The minimum absolute atomic E-state index is 0.580. The summed E-state index contributed by atoms with van der Waals surface area (Å²) in [6.45, 7) is 0. The van der Waals surface area contributed by atoms with Gasteiger partial charge >= 0.3 is 6.01 Å². The number of rotatable bonds is 2. The summed E-state index contributed by atoms with van der Waals surface area (Å²) in [6, 6.07) is 45.7. The molecule has 0 fully saturated rings. The molecule has 0 unspecified atom stereocenters. The van der Waals surface area contributed by atoms with Gasteiger partial charge in [0.05, 0.1) is 22.1 Å². The highest BCUT2D eigenvalue weighted by Crippen LogP contribution is 2.43. The Kier molecular flexibility index (Phi) is 4.30. The number of oxazole rings is 1. The van der Waals surface area contributed by atoms with E-state index in [1.165, 1.54) is 41.8 Å². The van der Waals surface area contributed by atoms with Crippen LogP contribution in [0.4, 0.5) is 0 Å². The van der Waals surface area contributed by atoms with Gasteiger partial charge in [-0.25, -0.2) is 0 Å². The molecule has 0 aliphatic carbocycles. The first-order valence-electron chi connectivity index (χ1n) is 14.1. The molecule has 0 bridgehead atoms. The van der Waals surface area contributed by atoms with Crippen molar-refractivity contribution in [2.45, 2.75) is 0 Å². The van der Waals surface area contributed by atoms with Crippen LogP contribution >= 0.6 is 11.3 Å². The van der Waals surface area contributed by atoms with Crippen LogP contribution in [0.2, 0.25) is 0 Å². The van der Waals surface area contributed by atoms with Crippen molar-refractivity contribution >= 4 is 86.2 Å². The van der Waals surface area contributed by atoms with Crippen LogP contribution in [0.15, 0.2) is 132 Å². The molecule has 0 radical (unpaired) electrons. The zero-order chi connectivity index (χ0) is 27.4. The molecule has 0 N–H and O–H groups in total. The fourth-order valence-electron chi connectivity index (χ4n) is 6.83. The van der Waals surface area contributed by atoms with E-state index >= 15 is 0 Å². The number of para-hydroxylation sites is 3. The summed E-state index contributed by atoms with van der Waals surface area (Å²) in [6.07, 6.45) is 0. The highest BCUT2D eigenvalue weighted by Gasteiger charge is 2.23. The SMILES string of the molecule is c1ccc(-n2c3ccccc3c3ccc4c5ccccc5n(-c5nc6c(ccc7sc8ccccc8c76)o5)c4c32)cc1. The van der Waals surface area contributed by atoms with E-state index in [0.717, 1.165) is 38.7 Å². The Balaban J connectivity index is 1.42. The second-order valence-corrected chi connectivity index (χ2v) is 11.9. The lowest BCUT2D eigenvalue weighted by atomic mass is 10.1. The zero-order valence-corrected chi connectivity index (χ0v) is 23.1. The van der Waals surface area contributed by atoms with Crippen LogP contribution in [0.25, 0.3) is 86.6 Å². The molecule has 4 nitrogen and oxygen atoms in total. The van der Waals surface area contributed by atoms with Crippen molar-refractivity contribution in [3.8, 4) is 11.7 Å². The van der Waals surface area contributed by atoms with Crippen LogP contribution in [0, 0.1) is 0 Å². The van der Waals surface area contributed by atoms with Gasteiger partial charge < -0.3 is 8.98 Å². The number of aromatic nitrogens is 3. The molecule has 4 aromatic heterocycles. The van der Waals surface area contributed by atoms with Crippen molar-refractivity contribution < 1.29 is 4.42 Å². The number of nitrogens with zero attached hydrogens (tertiary/aromatic N) is 3. The molecule has 196 valence electrons. The lowest BCUT2D eigenvalue weighted by Crippen LogP contribution is -1.98. The van der Waals surface area contributed by atoms with Crippen molar-refractivity contribution in [3.05, 3.63) is 127 Å². The molecule has 0 atom stereocenters. The molecule has 10 aromatic rings. The van der Waals surface area contributed by atoms with E-state index in [2.05, 4.69) is 137 Å². The van der Waals surface area contributed by atoms with E-state index < -0.39 is 0 Å². The summed E-state index contributed by atoms with van der Waals surface area (Å²) in [7, 11) is 0. The summed E-state index contributed by atoms with van der Waals surface area (Å²) in [5.74, 6) is 0. The Morgan fingerprint density at radius 2 is 1.12 bits per heavy atom. The molecule has 0 aliphatic heterocycles. The summed E-state index contributed by atoms with van der Waals surface area (Å²) in [4.78, 5) is 5.26. The largest absolute Gasteiger partial charge is 0.423 e. The number of hydrogen-bond acceptors (Lipinski definition) is 3. The van der Waals surface area contributed by atoms with Crippen molar-refractivity contribution in [1.82, 2.24) is 14.1 Å². The van der Waals surface area contributed by atoms with E-state index in [1.54, 1.807) is 11.3 Å². The molecule has 10 rings (SSSR count). The van der Waals surface area contributed by atoms with Gasteiger partial charge in [0.1, 0.15) is 5.52 Å². The number of hydrogen-bond donors (Lipinski definition) is 0. The molecule has 0 saturated carbocycles. The fraction of sp³-hybridized carbons (Fsp3) is 0. The molecule has 0 saturated heterocycles. The molecule has 42 heavy (non-hydrogen) atoms. The van der Waals surface area contributed by atoms with Gasteiger partial charge in [-0.3, -0.25) is 4.57 Å². The molecule has 4 heterocycles. The van der Waals surface area contributed by atoms with E-state index in [9.17, 15) is 0 Å². The van der Waals surface area contributed by atoms with Gasteiger partial charge in [-0.15, -0.1) is 11.3 Å². The van der Waals surface area contributed by atoms with Crippen molar-refractivity contribution in [3.63, 3.8) is 0 Å². The van der Waals surface area contributed by atoms with E-state index in [0.29, 0.717) is 6.01 Å². The highest BCUT2D eigenvalue weighted by atomic mass is 32.1. The van der Waals surface area contributed by atoms with Crippen molar-refractivity contribution in [1.29, 1.82) is 0 Å². The molecule has 0 amide bonds. The minimum atomic E-state index is 0.580. The summed E-state index contributed by atoms with van der Waals surface area (Å²) >= 11 is 1.80. The van der Waals surface area contributed by atoms with E-state index in [-0.39, 0.29) is 0 Å². The standard InChI is InChI=1S/C37H21N3OS/c1-2-10-22(11-3-1)39-28-15-7-4-12-23(28)25-18-19-26-24-13-5-8-16-29(24)40(36(26)35(25)39)37-38-34-30(41-37)20-21-32-33(34)27-14-6-9-17-31(27)42-32/h1-21H. The molecule has 0 aliphatic rings. The van der Waals surface area contributed by atoms with Crippen molar-refractivity contribution in [2.24, 2.45) is 0 Å². The zero-order valence-electron chi connectivity index (χ0n) is 22.3. The topological polar surface area (TPSA) is 35.9 Å². The van der Waals surface area contributed by atoms with Crippen LogP contribution in [-0.4, -0.2) is 14.1 Å². The van der Waals surface area contributed by atoms with Crippen LogP contribution in [-0.2, 0) is 0 Å². The van der Waals surface area contributed by atoms with E-state index in [1.807, 2.05) is 0 Å². The maximum Gasteiger partial charge on any atom is 0.307 e. The van der Waals surface area contributed by atoms with Crippen molar-refractivity contribution in [2.75, 3.05) is 0 Å². The molecular formula is C37H21N3OS. The van der Waals surface area contributed by atoms with Crippen LogP contribution in [0.3, 0.4) is 0 Å². The second kappa shape index (κ2) is 8.09. The van der Waals surface area contributed by atoms with Gasteiger partial charge in [-0.2, -0.15) is 4.98 Å². The first-order chi connectivity index (χ1) is 20.8. The molecule has 5 heteroatoms. The number of fused-ring (bicyclic) bond motifs is 12. The predicted octanol–water partition coefficient (Wildman–Crippen LogP) is 10.4. The van der Waals surface area contributed by atoms with Gasteiger partial charge in [0.15, 0.2) is 5.58 Å². The number of thiophene rings is 1.